The smallest absolute Gasteiger partial charge is 0.230 e. The van der Waals surface area contributed by atoms with Crippen molar-refractivity contribution in [3.05, 3.63) is 60.2 Å². The quantitative estimate of drug-likeness (QED) is 0.345. The Balaban J connectivity index is 0.000000318. The van der Waals surface area contributed by atoms with Gasteiger partial charge >= 0.3 is 0 Å². The first-order valence-electron chi connectivity index (χ1n) is 4.35. The minimum atomic E-state index is -0.333. The van der Waals surface area contributed by atoms with E-state index < -0.39 is 0 Å². The first-order chi connectivity index (χ1) is 7.34. The van der Waals surface area contributed by atoms with Gasteiger partial charge in [-0.05, 0) is 12.2 Å². The fourth-order valence-electron chi connectivity index (χ4n) is 0.943. The summed E-state index contributed by atoms with van der Waals surface area (Å²) >= 11 is 4.26. The van der Waals surface area contributed by atoms with Crippen LogP contribution in [0.3, 0.4) is 0 Å². The number of hydrogen-bond donors (Lipinski definition) is 0. The molecule has 88 valence electrons. The molecule has 0 aromatic heterocycles. The molecule has 4 heteroatoms. The van der Waals surface area contributed by atoms with Crippen LogP contribution < -0.4 is 0 Å². The summed E-state index contributed by atoms with van der Waals surface area (Å²) in [6, 6.07) is 16.9. The molecule has 2 aromatic rings. The van der Waals surface area contributed by atoms with Crippen molar-refractivity contribution in [3.63, 3.8) is 0 Å². The number of aliphatic imine (C=N–C) groups is 1. The second-order valence-corrected chi connectivity index (χ2v) is 2.83. The number of amides is 1. The summed E-state index contributed by atoms with van der Waals surface area (Å²) < 4.78 is 0. The molecule has 0 unspecified atom stereocenters. The van der Waals surface area contributed by atoms with Gasteiger partial charge in [0, 0.05) is 17.1 Å². The number of thiocarbonyl (C=S) groups is 1. The molecule has 0 heterocycles. The molecule has 0 saturated carbocycles. The molecule has 0 spiro atoms. The summed E-state index contributed by atoms with van der Waals surface area (Å²) in [5.74, 6) is -0.333. The zero-order valence-corrected chi connectivity index (χ0v) is 10.2. The first kappa shape index (κ1) is 14.7. The number of isothiocyanates is 1. The van der Waals surface area contributed by atoms with Crippen LogP contribution >= 0.6 is 12.2 Å². The Labute approximate surface area is 110 Å². The van der Waals surface area contributed by atoms with Crippen molar-refractivity contribution < 1.29 is 21.9 Å². The Morgan fingerprint density at radius 1 is 1.12 bits per heavy atom. The molecule has 2 rings (SSSR count). The first-order valence-corrected chi connectivity index (χ1v) is 4.76. The van der Waals surface area contributed by atoms with Crippen molar-refractivity contribution in [2.24, 2.45) is 4.99 Å². The Hall–Kier alpha value is -1.31. The molecule has 0 N–H and O–H groups in total. The molecule has 2 aromatic carbocycles. The topological polar surface area (TPSA) is 29.4 Å². The van der Waals surface area contributed by atoms with E-state index in [-0.39, 0.29) is 23.0 Å². The van der Waals surface area contributed by atoms with E-state index in [1.165, 1.54) is 0 Å². The molecule has 0 aliphatic carbocycles. The monoisotopic (exact) mass is 271 g/mol. The van der Waals surface area contributed by atoms with Gasteiger partial charge in [-0.3, -0.25) is 4.79 Å². The minimum Gasteiger partial charge on any atom is -0.748 e. The third-order valence-corrected chi connectivity index (χ3v) is 1.70. The number of carbonyl (C=O) groups excluding carboxylic acids is 1. The summed E-state index contributed by atoms with van der Waals surface area (Å²) in [6.45, 7) is 0. The molecule has 0 saturated heterocycles. The molecule has 0 aliphatic heterocycles. The van der Waals surface area contributed by atoms with E-state index in [1.54, 1.807) is 24.3 Å². The van der Waals surface area contributed by atoms with Gasteiger partial charge in [0.05, 0.1) is 5.16 Å². The van der Waals surface area contributed by atoms with Crippen LogP contribution in [0.25, 0.3) is 0 Å². The third kappa shape index (κ3) is 5.54. The fraction of sp³-hybridized carbons (Fsp3) is 0. The minimum absolute atomic E-state index is 0. The van der Waals surface area contributed by atoms with E-state index >= 15 is 0 Å². The summed E-state index contributed by atoms with van der Waals surface area (Å²) in [7, 11) is 0. The van der Waals surface area contributed by atoms with Crippen molar-refractivity contribution >= 4 is 23.3 Å². The van der Waals surface area contributed by atoms with Crippen LogP contribution in [-0.2, 0) is 17.1 Å². The van der Waals surface area contributed by atoms with Gasteiger partial charge in [-0.1, -0.05) is 5.56 Å². The number of rotatable bonds is 1. The standard InChI is InChI=1S/C7H4NOS.C5H5.Fe/c9-7(8-5-10)6-3-1-2-4-6;1-2-4-5-3-1;/h1-4H;1-5H;/q-1;-5;. The summed E-state index contributed by atoms with van der Waals surface area (Å²) in [5.41, 5.74) is 0.553. The summed E-state index contributed by atoms with van der Waals surface area (Å²) in [6.07, 6.45) is 0. The number of hydrogen-bond acceptors (Lipinski definition) is 2. The number of carbonyl (C=O) groups is 1. The van der Waals surface area contributed by atoms with Crippen LogP contribution in [0.5, 0.6) is 0 Å². The molecular weight excluding hydrogens is 262 g/mol. The van der Waals surface area contributed by atoms with Crippen molar-refractivity contribution in [2.75, 3.05) is 0 Å². The van der Waals surface area contributed by atoms with Crippen LogP contribution in [0.4, 0.5) is 0 Å². The van der Waals surface area contributed by atoms with Crippen LogP contribution in [0, 0.1) is 0 Å². The largest absolute Gasteiger partial charge is 0.748 e. The Bertz CT molecular complexity index is 410. The molecule has 0 aliphatic rings. The third-order valence-electron chi connectivity index (χ3n) is 1.61. The Kier molecular flexibility index (Phi) is 8.22. The van der Waals surface area contributed by atoms with E-state index in [0.717, 1.165) is 0 Å². The summed E-state index contributed by atoms with van der Waals surface area (Å²) in [5, 5.41) is 2.01. The zero-order chi connectivity index (χ0) is 10.9. The normalized spacial score (nSPS) is 7.75. The van der Waals surface area contributed by atoms with Gasteiger partial charge in [0.1, 0.15) is 0 Å². The maximum atomic E-state index is 10.8. The summed E-state index contributed by atoms with van der Waals surface area (Å²) in [4.78, 5) is 14.1. The molecule has 0 fully saturated rings. The van der Waals surface area contributed by atoms with Gasteiger partial charge < -0.3 is 30.3 Å². The van der Waals surface area contributed by atoms with Gasteiger partial charge in [-0.15, -0.1) is 0 Å². The maximum Gasteiger partial charge on any atom is 0.230 e. The van der Waals surface area contributed by atoms with Gasteiger partial charge in [0.2, 0.25) is 5.91 Å². The van der Waals surface area contributed by atoms with Crippen LogP contribution in [0.1, 0.15) is 10.4 Å². The predicted molar refractivity (Wildman–Crippen MR) is 63.4 cm³/mol. The molecule has 16 heavy (non-hydrogen) atoms. The Morgan fingerprint density at radius 3 is 1.94 bits per heavy atom. The van der Waals surface area contributed by atoms with Crippen LogP contribution in [0.2, 0.25) is 0 Å². The van der Waals surface area contributed by atoms with Crippen molar-refractivity contribution in [1.82, 2.24) is 0 Å². The van der Waals surface area contributed by atoms with Gasteiger partial charge in [-0.25, -0.2) is 12.1 Å². The second kappa shape index (κ2) is 8.95. The molecule has 0 bridgehead atoms. The van der Waals surface area contributed by atoms with Crippen molar-refractivity contribution in [2.45, 2.75) is 0 Å². The van der Waals surface area contributed by atoms with Gasteiger partial charge in [-0.2, -0.15) is 17.1 Å². The average Bonchev–Trinajstić information content (AvgIpc) is 2.95. The van der Waals surface area contributed by atoms with E-state index in [0.29, 0.717) is 5.56 Å². The van der Waals surface area contributed by atoms with E-state index in [4.69, 9.17) is 0 Å². The van der Waals surface area contributed by atoms with Crippen LogP contribution in [0.15, 0.2) is 59.6 Å². The van der Waals surface area contributed by atoms with Gasteiger partial charge in [0.15, 0.2) is 0 Å². The predicted octanol–water partition coefficient (Wildman–Crippen LogP) is 3.05. The maximum absolute atomic E-state index is 10.8. The van der Waals surface area contributed by atoms with Gasteiger partial charge in [0.25, 0.3) is 0 Å². The van der Waals surface area contributed by atoms with Crippen molar-refractivity contribution in [3.8, 4) is 0 Å². The SMILES string of the molecule is O=C(N=C=S)[c-]1cccc1.[Fe].[cH-]1[cH-][cH-][cH-][cH-]1. The zero-order valence-electron chi connectivity index (χ0n) is 8.31. The number of nitrogens with zero attached hydrogens (tertiary/aromatic N) is 1. The molecule has 2 nitrogen and oxygen atoms in total. The van der Waals surface area contributed by atoms with E-state index in [1.807, 2.05) is 35.5 Å². The van der Waals surface area contributed by atoms with E-state index in [9.17, 15) is 4.79 Å². The average molecular weight is 271 g/mol. The molecule has 1 amide bonds. The fourth-order valence-corrected chi connectivity index (χ4v) is 1.03. The Morgan fingerprint density at radius 2 is 1.56 bits per heavy atom. The molecule has 0 radical (unpaired) electrons. The van der Waals surface area contributed by atoms with E-state index in [2.05, 4.69) is 17.2 Å². The van der Waals surface area contributed by atoms with Crippen LogP contribution in [-0.4, -0.2) is 11.1 Å². The van der Waals surface area contributed by atoms with Crippen molar-refractivity contribution in [1.29, 1.82) is 0 Å². The second-order valence-electron chi connectivity index (χ2n) is 2.64. The molecule has 0 atom stereocenters. The molecular formula is C12H9FeNOS-6.